The summed E-state index contributed by atoms with van der Waals surface area (Å²) in [5.41, 5.74) is 5.13. The van der Waals surface area contributed by atoms with Crippen molar-refractivity contribution >= 4 is 21.5 Å². The van der Waals surface area contributed by atoms with E-state index in [-0.39, 0.29) is 17.6 Å². The summed E-state index contributed by atoms with van der Waals surface area (Å²) in [5, 5.41) is 2.60. The number of aromatic nitrogens is 1. The summed E-state index contributed by atoms with van der Waals surface area (Å²) in [6.07, 6.45) is 0.00485. The Labute approximate surface area is 150 Å². The van der Waals surface area contributed by atoms with Crippen LogP contribution in [-0.2, 0) is 7.05 Å². The smallest absolute Gasteiger partial charge is 0.206 e. The molecule has 124 valence electrons. The fourth-order valence-corrected chi connectivity index (χ4v) is 3.65. The van der Waals surface area contributed by atoms with Gasteiger partial charge in [-0.3, -0.25) is 0 Å². The second-order valence-electron chi connectivity index (χ2n) is 6.73. The molecule has 0 bridgehead atoms. The van der Waals surface area contributed by atoms with Gasteiger partial charge < -0.3 is 0 Å². The summed E-state index contributed by atoms with van der Waals surface area (Å²) >= 11 is 0. The molecule has 4 rings (SSSR count). The molecular formula is C23H21FN+. The topological polar surface area (TPSA) is 3.88 Å². The van der Waals surface area contributed by atoms with Gasteiger partial charge in [-0.1, -0.05) is 35.9 Å². The van der Waals surface area contributed by atoms with E-state index in [1.165, 1.54) is 6.07 Å². The van der Waals surface area contributed by atoms with Crippen molar-refractivity contribution in [2.24, 2.45) is 7.05 Å². The van der Waals surface area contributed by atoms with E-state index in [0.29, 0.717) is 5.39 Å². The van der Waals surface area contributed by atoms with E-state index in [1.54, 1.807) is 11.6 Å². The van der Waals surface area contributed by atoms with E-state index >= 15 is 4.39 Å². The minimum Gasteiger partial charge on any atom is -0.206 e. The minimum absolute atomic E-state index is 0.00485. The fraction of sp³-hybridized carbons (Fsp3) is 0.174. The standard InChI is InChI=1S/C23H21FN/c1-14-11-15(2)16(3)20(12-14)23-22-18-8-6-5-7-17(18)13-21(24)19(22)9-10-25(23)4/h5-13H,1-4H3/q+1/i9D,10D. The van der Waals surface area contributed by atoms with Gasteiger partial charge in [0.1, 0.15) is 14.2 Å². The zero-order valence-corrected chi connectivity index (χ0v) is 14.9. The lowest BCUT2D eigenvalue weighted by Gasteiger charge is -2.13. The molecular weight excluding hydrogens is 309 g/mol. The summed E-state index contributed by atoms with van der Waals surface area (Å²) in [6, 6.07) is 13.2. The molecule has 25 heavy (non-hydrogen) atoms. The van der Waals surface area contributed by atoms with E-state index in [4.69, 9.17) is 2.74 Å². The van der Waals surface area contributed by atoms with Crippen LogP contribution >= 0.6 is 0 Å². The number of benzene rings is 3. The van der Waals surface area contributed by atoms with Gasteiger partial charge >= 0.3 is 0 Å². The highest BCUT2D eigenvalue weighted by Crippen LogP contribution is 2.35. The molecule has 0 aliphatic rings. The first kappa shape index (κ1) is 13.5. The second-order valence-corrected chi connectivity index (χ2v) is 6.73. The van der Waals surface area contributed by atoms with Crippen LogP contribution in [0.25, 0.3) is 32.8 Å². The predicted octanol–water partition coefficient (Wildman–Crippen LogP) is 5.55. The van der Waals surface area contributed by atoms with Crippen LogP contribution in [0, 0.1) is 26.6 Å². The fourth-order valence-electron chi connectivity index (χ4n) is 3.65. The Morgan fingerprint density at radius 3 is 2.56 bits per heavy atom. The van der Waals surface area contributed by atoms with Crippen LogP contribution < -0.4 is 4.57 Å². The van der Waals surface area contributed by atoms with E-state index in [0.717, 1.165) is 38.7 Å². The average Bonchev–Trinajstić information content (AvgIpc) is 2.63. The summed E-state index contributed by atoms with van der Waals surface area (Å²) in [5.74, 6) is -0.453. The number of halogens is 1. The Morgan fingerprint density at radius 2 is 1.76 bits per heavy atom. The van der Waals surface area contributed by atoms with E-state index in [2.05, 4.69) is 26.0 Å². The zero-order valence-electron chi connectivity index (χ0n) is 16.9. The second kappa shape index (κ2) is 5.66. The molecule has 2 heteroatoms. The Bertz CT molecular complexity index is 1250. The van der Waals surface area contributed by atoms with Gasteiger partial charge in [0.2, 0.25) is 5.69 Å². The maximum absolute atomic E-state index is 15.0. The normalized spacial score (nSPS) is 12.5. The number of aryl methyl sites for hydroxylation is 2. The van der Waals surface area contributed by atoms with Crippen LogP contribution in [0.1, 0.15) is 19.4 Å². The number of hydrogen-bond acceptors (Lipinski definition) is 0. The van der Waals surface area contributed by atoms with E-state index in [1.807, 2.05) is 31.2 Å². The van der Waals surface area contributed by atoms with Crippen molar-refractivity contribution in [3.8, 4) is 11.3 Å². The number of hydrogen-bond donors (Lipinski definition) is 0. The molecule has 1 nitrogen and oxygen atoms in total. The van der Waals surface area contributed by atoms with Gasteiger partial charge in [-0.2, -0.15) is 0 Å². The Kier molecular flexibility index (Phi) is 3.07. The van der Waals surface area contributed by atoms with Gasteiger partial charge in [0.25, 0.3) is 0 Å². The molecule has 0 atom stereocenters. The molecule has 4 aromatic rings. The van der Waals surface area contributed by atoms with Crippen molar-refractivity contribution in [2.75, 3.05) is 0 Å². The molecule has 0 fully saturated rings. The maximum atomic E-state index is 15.0. The first-order valence-corrected chi connectivity index (χ1v) is 8.39. The molecule has 0 saturated carbocycles. The van der Waals surface area contributed by atoms with Crippen LogP contribution in [0.4, 0.5) is 4.39 Å². The van der Waals surface area contributed by atoms with E-state index < -0.39 is 5.82 Å². The van der Waals surface area contributed by atoms with E-state index in [9.17, 15) is 0 Å². The molecule has 0 aliphatic heterocycles. The third kappa shape index (κ3) is 2.41. The molecule has 0 saturated heterocycles. The quantitative estimate of drug-likeness (QED) is 0.318. The maximum Gasteiger partial charge on any atom is 0.221 e. The summed E-state index contributed by atoms with van der Waals surface area (Å²) in [7, 11) is 1.78. The van der Waals surface area contributed by atoms with Gasteiger partial charge in [-0.05, 0) is 54.8 Å². The third-order valence-corrected chi connectivity index (χ3v) is 4.99. The largest absolute Gasteiger partial charge is 0.221 e. The van der Waals surface area contributed by atoms with Crippen LogP contribution in [0.3, 0.4) is 0 Å². The lowest BCUT2D eigenvalue weighted by molar-refractivity contribution is -0.659. The number of nitrogens with zero attached hydrogens (tertiary/aromatic N) is 1. The Morgan fingerprint density at radius 1 is 1.00 bits per heavy atom. The molecule has 0 N–H and O–H groups in total. The molecule has 0 radical (unpaired) electrons. The first-order chi connectivity index (χ1) is 12.8. The van der Waals surface area contributed by atoms with Crippen molar-refractivity contribution in [1.29, 1.82) is 0 Å². The number of rotatable bonds is 1. The van der Waals surface area contributed by atoms with Crippen LogP contribution in [0.2, 0.25) is 0 Å². The monoisotopic (exact) mass is 332 g/mol. The summed E-state index contributed by atoms with van der Waals surface area (Å²) in [4.78, 5) is 0. The molecule has 0 aliphatic carbocycles. The zero-order chi connectivity index (χ0) is 19.5. The molecule has 0 amide bonds. The molecule has 1 heterocycles. The molecule has 0 spiro atoms. The van der Waals surface area contributed by atoms with Gasteiger partial charge in [0, 0.05) is 11.4 Å². The van der Waals surface area contributed by atoms with Crippen LogP contribution in [-0.4, -0.2) is 0 Å². The molecule has 0 unspecified atom stereocenters. The third-order valence-electron chi connectivity index (χ3n) is 4.99. The van der Waals surface area contributed by atoms with Gasteiger partial charge in [-0.15, -0.1) is 0 Å². The van der Waals surface area contributed by atoms with Crippen molar-refractivity contribution in [1.82, 2.24) is 0 Å². The van der Waals surface area contributed by atoms with Gasteiger partial charge in [-0.25, -0.2) is 8.96 Å². The van der Waals surface area contributed by atoms with Crippen molar-refractivity contribution in [3.63, 3.8) is 0 Å². The first-order valence-electron chi connectivity index (χ1n) is 9.39. The average molecular weight is 332 g/mol. The Balaban J connectivity index is 2.35. The van der Waals surface area contributed by atoms with Crippen molar-refractivity contribution in [2.45, 2.75) is 20.8 Å². The van der Waals surface area contributed by atoms with Crippen LogP contribution in [0.15, 0.2) is 54.7 Å². The molecule has 3 aromatic carbocycles. The molecule has 1 aromatic heterocycles. The minimum atomic E-state index is -0.453. The summed E-state index contributed by atoms with van der Waals surface area (Å²) < 4.78 is 33.5. The van der Waals surface area contributed by atoms with Gasteiger partial charge in [0.15, 0.2) is 6.17 Å². The summed E-state index contributed by atoms with van der Waals surface area (Å²) in [6.45, 7) is 6.15. The SMILES string of the molecule is [2H]c1c([2H])[n+](C)c(-c2cc(C)cc(C)c2C)c2c1c(F)cc1ccccc12. The Hall–Kier alpha value is -2.74. The van der Waals surface area contributed by atoms with Crippen LogP contribution in [0.5, 0.6) is 0 Å². The van der Waals surface area contributed by atoms with Crippen molar-refractivity contribution in [3.05, 3.63) is 77.2 Å². The lowest BCUT2D eigenvalue weighted by atomic mass is 9.92. The predicted molar refractivity (Wildman–Crippen MR) is 102 cm³/mol. The van der Waals surface area contributed by atoms with Crippen molar-refractivity contribution < 1.29 is 11.7 Å². The highest BCUT2D eigenvalue weighted by Gasteiger charge is 2.22. The number of pyridine rings is 1. The highest BCUT2D eigenvalue weighted by atomic mass is 19.1. The highest BCUT2D eigenvalue weighted by molar-refractivity contribution is 6.13. The van der Waals surface area contributed by atoms with Gasteiger partial charge in [0.05, 0.1) is 12.3 Å². The lowest BCUT2D eigenvalue weighted by Crippen LogP contribution is -2.31. The number of fused-ring (bicyclic) bond motifs is 3.